The standard InChI is InChI=1S/C10H22N2OS/c1-8(14-4)7-12-9(13)5-6-10(2,3)11/h8H,5-7,11H2,1-4H3,(H,12,13). The molecule has 3 nitrogen and oxygen atoms in total. The predicted octanol–water partition coefficient (Wildman–Crippen LogP) is 1.37. The van der Waals surface area contributed by atoms with Gasteiger partial charge in [0, 0.05) is 23.8 Å². The minimum atomic E-state index is -0.248. The van der Waals surface area contributed by atoms with E-state index < -0.39 is 0 Å². The molecular weight excluding hydrogens is 196 g/mol. The number of carbonyl (C=O) groups is 1. The largest absolute Gasteiger partial charge is 0.355 e. The molecular formula is C10H22N2OS. The Bertz CT molecular complexity index is 177. The summed E-state index contributed by atoms with van der Waals surface area (Å²) in [6.07, 6.45) is 3.29. The summed E-state index contributed by atoms with van der Waals surface area (Å²) in [5.41, 5.74) is 5.53. The third-order valence-electron chi connectivity index (χ3n) is 1.99. The fourth-order valence-corrected chi connectivity index (χ4v) is 1.11. The molecule has 0 spiro atoms. The highest BCUT2D eigenvalue weighted by atomic mass is 32.2. The summed E-state index contributed by atoms with van der Waals surface area (Å²) in [5.74, 6) is 0.101. The Balaban J connectivity index is 3.57. The van der Waals surface area contributed by atoms with Gasteiger partial charge in [-0.3, -0.25) is 4.79 Å². The van der Waals surface area contributed by atoms with E-state index in [9.17, 15) is 4.79 Å². The van der Waals surface area contributed by atoms with E-state index in [1.807, 2.05) is 20.1 Å². The van der Waals surface area contributed by atoms with Crippen LogP contribution >= 0.6 is 11.8 Å². The number of hydrogen-bond acceptors (Lipinski definition) is 3. The van der Waals surface area contributed by atoms with Gasteiger partial charge in [-0.2, -0.15) is 11.8 Å². The van der Waals surface area contributed by atoms with Crippen molar-refractivity contribution < 1.29 is 4.79 Å². The van der Waals surface area contributed by atoms with Crippen molar-refractivity contribution in [2.75, 3.05) is 12.8 Å². The first-order valence-corrected chi connectivity index (χ1v) is 6.22. The van der Waals surface area contributed by atoms with E-state index in [2.05, 4.69) is 12.2 Å². The quantitative estimate of drug-likeness (QED) is 0.708. The van der Waals surface area contributed by atoms with Gasteiger partial charge in [0.25, 0.3) is 0 Å². The lowest BCUT2D eigenvalue weighted by Crippen LogP contribution is -2.35. The van der Waals surface area contributed by atoms with Crippen LogP contribution in [-0.4, -0.2) is 29.5 Å². The lowest BCUT2D eigenvalue weighted by molar-refractivity contribution is -0.121. The molecule has 0 saturated carbocycles. The van der Waals surface area contributed by atoms with Gasteiger partial charge >= 0.3 is 0 Å². The monoisotopic (exact) mass is 218 g/mol. The van der Waals surface area contributed by atoms with Crippen molar-refractivity contribution in [3.8, 4) is 0 Å². The second-order valence-corrected chi connectivity index (χ2v) is 5.62. The van der Waals surface area contributed by atoms with Crippen molar-refractivity contribution in [1.82, 2.24) is 5.32 Å². The molecule has 0 fully saturated rings. The van der Waals surface area contributed by atoms with Gasteiger partial charge in [0.2, 0.25) is 5.91 Å². The summed E-state index contributed by atoms with van der Waals surface area (Å²) < 4.78 is 0. The molecule has 1 amide bonds. The summed E-state index contributed by atoms with van der Waals surface area (Å²) in [6.45, 7) is 6.71. The summed E-state index contributed by atoms with van der Waals surface area (Å²) in [4.78, 5) is 11.3. The summed E-state index contributed by atoms with van der Waals surface area (Å²) >= 11 is 1.75. The Hall–Kier alpha value is -0.220. The van der Waals surface area contributed by atoms with Crippen molar-refractivity contribution in [3.05, 3.63) is 0 Å². The van der Waals surface area contributed by atoms with Crippen LogP contribution in [0.15, 0.2) is 0 Å². The first kappa shape index (κ1) is 13.8. The molecule has 0 saturated heterocycles. The summed E-state index contributed by atoms with van der Waals surface area (Å²) in [7, 11) is 0. The zero-order valence-electron chi connectivity index (χ0n) is 9.59. The van der Waals surface area contributed by atoms with E-state index in [4.69, 9.17) is 5.73 Å². The van der Waals surface area contributed by atoms with Crippen LogP contribution in [0.4, 0.5) is 0 Å². The van der Waals surface area contributed by atoms with Crippen molar-refractivity contribution >= 4 is 17.7 Å². The third-order valence-corrected chi connectivity index (χ3v) is 2.96. The molecule has 0 aromatic carbocycles. The molecule has 14 heavy (non-hydrogen) atoms. The van der Waals surface area contributed by atoms with Crippen molar-refractivity contribution in [2.24, 2.45) is 5.73 Å². The molecule has 0 bridgehead atoms. The fraction of sp³-hybridized carbons (Fsp3) is 0.900. The molecule has 0 aliphatic rings. The van der Waals surface area contributed by atoms with E-state index in [1.165, 1.54) is 0 Å². The van der Waals surface area contributed by atoms with Crippen LogP contribution < -0.4 is 11.1 Å². The molecule has 0 aliphatic heterocycles. The molecule has 0 heterocycles. The van der Waals surface area contributed by atoms with Gasteiger partial charge < -0.3 is 11.1 Å². The Morgan fingerprint density at radius 1 is 1.57 bits per heavy atom. The zero-order valence-corrected chi connectivity index (χ0v) is 10.4. The number of carbonyl (C=O) groups excluding carboxylic acids is 1. The Morgan fingerprint density at radius 3 is 2.57 bits per heavy atom. The van der Waals surface area contributed by atoms with E-state index >= 15 is 0 Å². The molecule has 0 aromatic heterocycles. The second kappa shape index (κ2) is 6.30. The molecule has 84 valence electrons. The second-order valence-electron chi connectivity index (χ2n) is 4.34. The van der Waals surface area contributed by atoms with Gasteiger partial charge in [0.05, 0.1) is 0 Å². The number of nitrogens with two attached hydrogens (primary N) is 1. The van der Waals surface area contributed by atoms with Gasteiger partial charge in [-0.15, -0.1) is 0 Å². The average molecular weight is 218 g/mol. The van der Waals surface area contributed by atoms with Crippen LogP contribution in [0.1, 0.15) is 33.6 Å². The van der Waals surface area contributed by atoms with Crippen LogP contribution in [0, 0.1) is 0 Å². The maximum absolute atomic E-state index is 11.3. The maximum atomic E-state index is 11.3. The topological polar surface area (TPSA) is 55.1 Å². The summed E-state index contributed by atoms with van der Waals surface area (Å²) in [5, 5.41) is 3.37. The first-order chi connectivity index (χ1) is 6.35. The Morgan fingerprint density at radius 2 is 2.14 bits per heavy atom. The fourth-order valence-electron chi connectivity index (χ4n) is 0.865. The first-order valence-electron chi connectivity index (χ1n) is 4.93. The number of thioether (sulfide) groups is 1. The molecule has 0 radical (unpaired) electrons. The maximum Gasteiger partial charge on any atom is 0.220 e. The highest BCUT2D eigenvalue weighted by Crippen LogP contribution is 2.07. The van der Waals surface area contributed by atoms with Crippen LogP contribution in [0.2, 0.25) is 0 Å². The third kappa shape index (κ3) is 8.38. The van der Waals surface area contributed by atoms with Crippen LogP contribution in [0.5, 0.6) is 0 Å². The SMILES string of the molecule is CSC(C)CNC(=O)CCC(C)(C)N. The Kier molecular flexibility index (Phi) is 6.20. The predicted molar refractivity (Wildman–Crippen MR) is 63.5 cm³/mol. The lowest BCUT2D eigenvalue weighted by Gasteiger charge is -2.18. The molecule has 3 N–H and O–H groups in total. The number of hydrogen-bond donors (Lipinski definition) is 2. The summed E-state index contributed by atoms with van der Waals surface area (Å²) in [6, 6.07) is 0. The minimum absolute atomic E-state index is 0.101. The Labute approximate surface area is 91.2 Å². The average Bonchev–Trinajstić information content (AvgIpc) is 2.09. The van der Waals surface area contributed by atoms with E-state index in [0.717, 1.165) is 13.0 Å². The van der Waals surface area contributed by atoms with Gasteiger partial charge in [-0.25, -0.2) is 0 Å². The van der Waals surface area contributed by atoms with E-state index in [-0.39, 0.29) is 11.4 Å². The number of amides is 1. The van der Waals surface area contributed by atoms with Crippen molar-refractivity contribution in [3.63, 3.8) is 0 Å². The van der Waals surface area contributed by atoms with E-state index in [0.29, 0.717) is 11.7 Å². The minimum Gasteiger partial charge on any atom is -0.355 e. The van der Waals surface area contributed by atoms with Crippen molar-refractivity contribution in [2.45, 2.75) is 44.4 Å². The van der Waals surface area contributed by atoms with Gasteiger partial charge in [0.15, 0.2) is 0 Å². The smallest absolute Gasteiger partial charge is 0.220 e. The lowest BCUT2D eigenvalue weighted by atomic mass is 10.00. The molecule has 1 atom stereocenters. The molecule has 4 heteroatoms. The van der Waals surface area contributed by atoms with Crippen molar-refractivity contribution in [1.29, 1.82) is 0 Å². The molecule has 0 rings (SSSR count). The highest BCUT2D eigenvalue weighted by molar-refractivity contribution is 7.99. The molecule has 0 aromatic rings. The van der Waals surface area contributed by atoms with E-state index in [1.54, 1.807) is 11.8 Å². The normalized spacial score (nSPS) is 13.8. The number of rotatable bonds is 6. The molecule has 1 unspecified atom stereocenters. The number of nitrogens with one attached hydrogen (secondary N) is 1. The van der Waals surface area contributed by atoms with Crippen LogP contribution in [0.25, 0.3) is 0 Å². The van der Waals surface area contributed by atoms with Crippen LogP contribution in [-0.2, 0) is 4.79 Å². The molecule has 0 aliphatic carbocycles. The van der Waals surface area contributed by atoms with Gasteiger partial charge in [0.1, 0.15) is 0 Å². The zero-order chi connectivity index (χ0) is 11.2. The van der Waals surface area contributed by atoms with Crippen LogP contribution in [0.3, 0.4) is 0 Å². The highest BCUT2D eigenvalue weighted by Gasteiger charge is 2.13. The van der Waals surface area contributed by atoms with Gasteiger partial charge in [-0.05, 0) is 26.5 Å². The van der Waals surface area contributed by atoms with Gasteiger partial charge in [-0.1, -0.05) is 6.92 Å².